The highest BCUT2D eigenvalue weighted by atomic mass is 16.5. The maximum absolute atomic E-state index is 12.5. The van der Waals surface area contributed by atoms with Crippen molar-refractivity contribution >= 4 is 5.91 Å². The van der Waals surface area contributed by atoms with Gasteiger partial charge in [-0.05, 0) is 54.8 Å². The molecule has 1 N–H and O–H groups in total. The van der Waals surface area contributed by atoms with Crippen molar-refractivity contribution in [2.75, 3.05) is 13.2 Å². The molecule has 3 aromatic rings. The van der Waals surface area contributed by atoms with Crippen molar-refractivity contribution in [3.05, 3.63) is 70.9 Å². The molecular weight excluding hydrogens is 366 g/mol. The number of amides is 1. The molecule has 1 aliphatic heterocycles. The van der Waals surface area contributed by atoms with Gasteiger partial charge in [-0.3, -0.25) is 4.79 Å². The van der Waals surface area contributed by atoms with Crippen LogP contribution in [0.25, 0.3) is 11.3 Å². The number of fused-ring (bicyclic) bond motifs is 1. The zero-order valence-corrected chi connectivity index (χ0v) is 16.6. The van der Waals surface area contributed by atoms with E-state index in [2.05, 4.69) is 15.5 Å². The zero-order chi connectivity index (χ0) is 20.2. The molecule has 0 atom stereocenters. The number of nitrogens with zero attached hydrogens (tertiary/aromatic N) is 2. The molecule has 0 saturated carbocycles. The van der Waals surface area contributed by atoms with E-state index in [9.17, 15) is 4.79 Å². The Kier molecular flexibility index (Phi) is 5.42. The minimum atomic E-state index is -0.129. The first-order chi connectivity index (χ1) is 14.1. The van der Waals surface area contributed by atoms with Crippen molar-refractivity contribution < 1.29 is 14.3 Å². The number of carbonyl (C=O) groups excluding carboxylic acids is 1. The number of aryl methyl sites for hydroxylation is 1. The minimum Gasteiger partial charge on any atom is -0.490 e. The molecule has 0 spiro atoms. The summed E-state index contributed by atoms with van der Waals surface area (Å²) in [7, 11) is 0. The van der Waals surface area contributed by atoms with Crippen molar-refractivity contribution in [3.8, 4) is 22.8 Å². The SMILES string of the molecule is Cc1cnnc(-c2ccc(C(=O)NCc3ccc4c(c3)OCCCO4)cc2)c1C. The molecule has 0 bridgehead atoms. The monoisotopic (exact) mass is 389 g/mol. The Morgan fingerprint density at radius 2 is 1.79 bits per heavy atom. The van der Waals surface area contributed by atoms with Gasteiger partial charge in [-0.15, -0.1) is 0 Å². The lowest BCUT2D eigenvalue weighted by molar-refractivity contribution is 0.0951. The molecule has 6 nitrogen and oxygen atoms in total. The molecule has 4 rings (SSSR count). The predicted octanol–water partition coefficient (Wildman–Crippen LogP) is 3.85. The van der Waals surface area contributed by atoms with Crippen LogP contribution in [0.15, 0.2) is 48.7 Å². The van der Waals surface area contributed by atoms with Gasteiger partial charge in [0.25, 0.3) is 5.91 Å². The van der Waals surface area contributed by atoms with Gasteiger partial charge < -0.3 is 14.8 Å². The van der Waals surface area contributed by atoms with Gasteiger partial charge in [-0.1, -0.05) is 18.2 Å². The van der Waals surface area contributed by atoms with E-state index < -0.39 is 0 Å². The Bertz CT molecular complexity index is 1030. The largest absolute Gasteiger partial charge is 0.490 e. The van der Waals surface area contributed by atoms with Gasteiger partial charge in [0.05, 0.1) is 25.1 Å². The van der Waals surface area contributed by atoms with E-state index in [4.69, 9.17) is 9.47 Å². The van der Waals surface area contributed by atoms with E-state index in [1.54, 1.807) is 6.20 Å². The number of ether oxygens (including phenoxy) is 2. The molecule has 0 radical (unpaired) electrons. The first kappa shape index (κ1) is 18.9. The lowest BCUT2D eigenvalue weighted by Crippen LogP contribution is -2.22. The van der Waals surface area contributed by atoms with Gasteiger partial charge in [0.1, 0.15) is 0 Å². The molecule has 2 aromatic carbocycles. The fourth-order valence-electron chi connectivity index (χ4n) is 3.19. The highest BCUT2D eigenvalue weighted by Crippen LogP contribution is 2.30. The van der Waals surface area contributed by atoms with Gasteiger partial charge in [-0.2, -0.15) is 10.2 Å². The van der Waals surface area contributed by atoms with E-state index in [-0.39, 0.29) is 5.91 Å². The van der Waals surface area contributed by atoms with E-state index in [0.29, 0.717) is 25.3 Å². The Hall–Kier alpha value is -3.41. The van der Waals surface area contributed by atoms with Crippen LogP contribution in [0.1, 0.15) is 33.5 Å². The lowest BCUT2D eigenvalue weighted by atomic mass is 10.0. The third kappa shape index (κ3) is 4.21. The number of hydrogen-bond acceptors (Lipinski definition) is 5. The van der Waals surface area contributed by atoms with Crippen LogP contribution in [0, 0.1) is 13.8 Å². The second kappa shape index (κ2) is 8.31. The number of benzene rings is 2. The Balaban J connectivity index is 1.43. The van der Waals surface area contributed by atoms with Gasteiger partial charge in [0.2, 0.25) is 0 Å². The third-order valence-corrected chi connectivity index (χ3v) is 5.04. The van der Waals surface area contributed by atoms with Crippen molar-refractivity contribution in [2.24, 2.45) is 0 Å². The molecule has 1 amide bonds. The van der Waals surface area contributed by atoms with Crippen LogP contribution >= 0.6 is 0 Å². The maximum Gasteiger partial charge on any atom is 0.251 e. The molecule has 0 fully saturated rings. The summed E-state index contributed by atoms with van der Waals surface area (Å²) < 4.78 is 11.3. The summed E-state index contributed by atoms with van der Waals surface area (Å²) in [4.78, 5) is 12.5. The highest BCUT2D eigenvalue weighted by molar-refractivity contribution is 5.94. The summed E-state index contributed by atoms with van der Waals surface area (Å²) >= 11 is 0. The van der Waals surface area contributed by atoms with Crippen LogP contribution in [0.5, 0.6) is 11.5 Å². The molecular formula is C23H23N3O3. The van der Waals surface area contributed by atoms with Gasteiger partial charge >= 0.3 is 0 Å². The smallest absolute Gasteiger partial charge is 0.251 e. The number of carbonyl (C=O) groups is 1. The van der Waals surface area contributed by atoms with Gasteiger partial charge in [-0.25, -0.2) is 0 Å². The molecule has 2 heterocycles. The summed E-state index contributed by atoms with van der Waals surface area (Å²) in [6, 6.07) is 13.2. The number of aromatic nitrogens is 2. The number of rotatable bonds is 4. The molecule has 148 valence electrons. The topological polar surface area (TPSA) is 73.3 Å². The van der Waals surface area contributed by atoms with E-state index in [0.717, 1.165) is 45.9 Å². The third-order valence-electron chi connectivity index (χ3n) is 5.04. The van der Waals surface area contributed by atoms with Gasteiger partial charge in [0.15, 0.2) is 11.5 Å². The Morgan fingerprint density at radius 3 is 2.59 bits per heavy atom. The fraction of sp³-hybridized carbons (Fsp3) is 0.261. The molecule has 29 heavy (non-hydrogen) atoms. The number of hydrogen-bond donors (Lipinski definition) is 1. The average molecular weight is 389 g/mol. The van der Waals surface area contributed by atoms with Crippen LogP contribution in [0.3, 0.4) is 0 Å². The van der Waals surface area contributed by atoms with Crippen LogP contribution in [-0.4, -0.2) is 29.3 Å². The van der Waals surface area contributed by atoms with Crippen LogP contribution in [0.2, 0.25) is 0 Å². The van der Waals surface area contributed by atoms with Crippen molar-refractivity contribution in [1.82, 2.24) is 15.5 Å². The first-order valence-electron chi connectivity index (χ1n) is 9.68. The summed E-state index contributed by atoms with van der Waals surface area (Å²) in [5.74, 6) is 1.35. The van der Waals surface area contributed by atoms with Crippen LogP contribution in [0.4, 0.5) is 0 Å². The van der Waals surface area contributed by atoms with E-state index >= 15 is 0 Å². The summed E-state index contributed by atoms with van der Waals surface area (Å²) in [6.07, 6.45) is 2.62. The summed E-state index contributed by atoms with van der Waals surface area (Å²) in [5.41, 5.74) is 5.52. The second-order valence-electron chi connectivity index (χ2n) is 7.09. The fourth-order valence-corrected chi connectivity index (χ4v) is 3.19. The van der Waals surface area contributed by atoms with Gasteiger partial charge in [0, 0.05) is 24.1 Å². The predicted molar refractivity (Wildman–Crippen MR) is 110 cm³/mol. The van der Waals surface area contributed by atoms with Crippen molar-refractivity contribution in [2.45, 2.75) is 26.8 Å². The second-order valence-corrected chi connectivity index (χ2v) is 7.09. The average Bonchev–Trinajstić information content (AvgIpc) is 2.99. The Morgan fingerprint density at radius 1 is 1.03 bits per heavy atom. The summed E-state index contributed by atoms with van der Waals surface area (Å²) in [6.45, 7) is 5.75. The minimum absolute atomic E-state index is 0.129. The molecule has 0 saturated heterocycles. The highest BCUT2D eigenvalue weighted by Gasteiger charge is 2.12. The standard InChI is InChI=1S/C23H23N3O3/c1-15-13-25-26-22(16(15)2)18-5-7-19(8-6-18)23(27)24-14-17-4-9-20-21(12-17)29-11-3-10-28-20/h4-9,12-13H,3,10-11,14H2,1-2H3,(H,24,27). The van der Waals surface area contributed by atoms with Crippen LogP contribution in [-0.2, 0) is 6.54 Å². The molecule has 6 heteroatoms. The molecule has 0 unspecified atom stereocenters. The normalized spacial score (nSPS) is 12.9. The van der Waals surface area contributed by atoms with Crippen molar-refractivity contribution in [1.29, 1.82) is 0 Å². The lowest BCUT2D eigenvalue weighted by Gasteiger charge is -2.11. The zero-order valence-electron chi connectivity index (χ0n) is 16.6. The molecule has 1 aromatic heterocycles. The van der Waals surface area contributed by atoms with Crippen LogP contribution < -0.4 is 14.8 Å². The Labute approximate surface area is 169 Å². The quantitative estimate of drug-likeness (QED) is 0.734. The molecule has 0 aliphatic carbocycles. The first-order valence-corrected chi connectivity index (χ1v) is 9.68. The van der Waals surface area contributed by atoms with E-state index in [1.807, 2.05) is 56.3 Å². The van der Waals surface area contributed by atoms with Crippen molar-refractivity contribution in [3.63, 3.8) is 0 Å². The maximum atomic E-state index is 12.5. The molecule has 1 aliphatic rings. The summed E-state index contributed by atoms with van der Waals surface area (Å²) in [5, 5.41) is 11.2. The van der Waals surface area contributed by atoms with E-state index in [1.165, 1.54) is 0 Å². The number of nitrogens with one attached hydrogen (secondary N) is 1.